The highest BCUT2D eigenvalue weighted by Crippen LogP contribution is 2.19. The molecular weight excluding hydrogens is 300 g/mol. The van der Waals surface area contributed by atoms with Crippen molar-refractivity contribution in [1.29, 1.82) is 0 Å². The first-order chi connectivity index (χ1) is 9.84. The van der Waals surface area contributed by atoms with Crippen LogP contribution in [0.4, 0.5) is 0 Å². The highest BCUT2D eigenvalue weighted by atomic mass is 32.2. The van der Waals surface area contributed by atoms with Gasteiger partial charge in [-0.3, -0.25) is 0 Å². The summed E-state index contributed by atoms with van der Waals surface area (Å²) >= 11 is 9.01. The van der Waals surface area contributed by atoms with Crippen molar-refractivity contribution < 1.29 is 0 Å². The molecule has 0 heterocycles. The third-order valence-electron chi connectivity index (χ3n) is 2.91. The fourth-order valence-electron chi connectivity index (χ4n) is 1.84. The maximum atomic E-state index is 5.41. The molecule has 0 radical (unpaired) electrons. The summed E-state index contributed by atoms with van der Waals surface area (Å²) in [6.07, 6.45) is 2.18. The number of rotatable bonds is 6. The smallest absolute Gasteiger partial charge is 0.104 e. The number of benzene rings is 2. The van der Waals surface area contributed by atoms with Gasteiger partial charge in [0, 0.05) is 11.5 Å². The van der Waals surface area contributed by atoms with Gasteiger partial charge in [-0.05, 0) is 24.0 Å². The van der Waals surface area contributed by atoms with E-state index in [1.165, 1.54) is 11.1 Å². The molecule has 0 nitrogen and oxygen atoms in total. The Kier molecular flexibility index (Phi) is 7.20. The molecule has 2 aromatic carbocycles. The van der Waals surface area contributed by atoms with Crippen LogP contribution in [0.5, 0.6) is 0 Å². The molecule has 0 bridgehead atoms. The van der Waals surface area contributed by atoms with Crippen LogP contribution in [-0.2, 0) is 12.8 Å². The highest BCUT2D eigenvalue weighted by Gasteiger charge is 2.00. The minimum absolute atomic E-state index is 1.07. The summed E-state index contributed by atoms with van der Waals surface area (Å²) in [7, 11) is 0. The molecule has 20 heavy (non-hydrogen) atoms. The van der Waals surface area contributed by atoms with Gasteiger partial charge in [0.15, 0.2) is 0 Å². The van der Waals surface area contributed by atoms with E-state index < -0.39 is 0 Å². The Morgan fingerprint density at radius 1 is 0.700 bits per heavy atom. The Labute approximate surface area is 135 Å². The predicted octanol–water partition coefficient (Wildman–Crippen LogP) is 5.22. The highest BCUT2D eigenvalue weighted by molar-refractivity contribution is 8.47. The van der Waals surface area contributed by atoms with Crippen LogP contribution in [0.15, 0.2) is 60.7 Å². The van der Waals surface area contributed by atoms with Crippen molar-refractivity contribution in [3.8, 4) is 0 Å². The molecule has 0 N–H and O–H groups in total. The first-order valence-corrected chi connectivity index (χ1v) is 9.10. The second-order valence-electron chi connectivity index (χ2n) is 4.42. The van der Waals surface area contributed by atoms with Crippen molar-refractivity contribution in [3.05, 3.63) is 71.8 Å². The number of thiocarbonyl (C=S) groups is 1. The Balaban J connectivity index is 1.59. The Morgan fingerprint density at radius 3 is 1.50 bits per heavy atom. The summed E-state index contributed by atoms with van der Waals surface area (Å²) < 4.78 is 1.07. The van der Waals surface area contributed by atoms with Crippen molar-refractivity contribution in [2.24, 2.45) is 0 Å². The molecule has 2 aromatic rings. The molecule has 0 amide bonds. The van der Waals surface area contributed by atoms with Gasteiger partial charge in [0.2, 0.25) is 0 Å². The standard InChI is InChI=1S/C17H18S3/c18-17(19-13-11-15-7-3-1-4-8-15)20-14-12-16-9-5-2-6-10-16/h1-10H,11-14H2. The molecule has 104 valence electrons. The van der Waals surface area contributed by atoms with Crippen LogP contribution in [0.3, 0.4) is 0 Å². The van der Waals surface area contributed by atoms with Gasteiger partial charge in [-0.15, -0.1) is 23.5 Å². The van der Waals surface area contributed by atoms with Gasteiger partial charge in [0.25, 0.3) is 0 Å². The largest absolute Gasteiger partial charge is 0.107 e. The summed E-state index contributed by atoms with van der Waals surface area (Å²) in [6.45, 7) is 0. The van der Waals surface area contributed by atoms with E-state index in [0.29, 0.717) is 0 Å². The maximum Gasteiger partial charge on any atom is 0.104 e. The van der Waals surface area contributed by atoms with Crippen LogP contribution >= 0.6 is 35.7 Å². The van der Waals surface area contributed by atoms with E-state index in [2.05, 4.69) is 60.7 Å². The quantitative estimate of drug-likeness (QED) is 0.670. The van der Waals surface area contributed by atoms with Crippen molar-refractivity contribution >= 4 is 39.3 Å². The molecule has 0 aliphatic heterocycles. The predicted molar refractivity (Wildman–Crippen MR) is 97.8 cm³/mol. The van der Waals surface area contributed by atoms with E-state index >= 15 is 0 Å². The first kappa shape index (κ1) is 15.6. The number of hydrogen-bond donors (Lipinski definition) is 0. The fourth-order valence-corrected chi connectivity index (χ4v) is 4.18. The lowest BCUT2D eigenvalue weighted by Crippen LogP contribution is -1.94. The number of thioether (sulfide) groups is 2. The monoisotopic (exact) mass is 318 g/mol. The van der Waals surface area contributed by atoms with Gasteiger partial charge < -0.3 is 0 Å². The second-order valence-corrected chi connectivity index (χ2v) is 7.81. The van der Waals surface area contributed by atoms with Gasteiger partial charge >= 0.3 is 0 Å². The number of hydrogen-bond acceptors (Lipinski definition) is 3. The number of aryl methyl sites for hydroxylation is 2. The molecule has 0 fully saturated rings. The topological polar surface area (TPSA) is 0 Å². The molecule has 0 aromatic heterocycles. The van der Waals surface area contributed by atoms with Crippen molar-refractivity contribution in [2.45, 2.75) is 12.8 Å². The molecule has 0 saturated carbocycles. The lowest BCUT2D eigenvalue weighted by atomic mass is 10.2. The molecule has 2 rings (SSSR count). The van der Waals surface area contributed by atoms with Crippen molar-refractivity contribution in [3.63, 3.8) is 0 Å². The van der Waals surface area contributed by atoms with E-state index in [0.717, 1.165) is 27.9 Å². The van der Waals surface area contributed by atoms with Gasteiger partial charge in [-0.2, -0.15) is 0 Å². The zero-order valence-corrected chi connectivity index (χ0v) is 13.8. The Bertz CT molecular complexity index is 461. The molecular formula is C17H18S3. The maximum absolute atomic E-state index is 5.41. The van der Waals surface area contributed by atoms with Gasteiger partial charge in [-0.25, -0.2) is 0 Å². The van der Waals surface area contributed by atoms with Gasteiger partial charge in [-0.1, -0.05) is 72.9 Å². The minimum atomic E-state index is 1.07. The lowest BCUT2D eigenvalue weighted by molar-refractivity contribution is 1.16. The summed E-state index contributed by atoms with van der Waals surface area (Å²) in [4.78, 5) is 0. The minimum Gasteiger partial charge on any atom is -0.107 e. The van der Waals surface area contributed by atoms with Crippen molar-refractivity contribution in [1.82, 2.24) is 0 Å². The van der Waals surface area contributed by atoms with Crippen LogP contribution in [-0.4, -0.2) is 15.0 Å². The summed E-state index contributed by atoms with van der Waals surface area (Å²) in [5, 5.41) is 0. The molecule has 3 heteroatoms. The van der Waals surface area contributed by atoms with E-state index in [-0.39, 0.29) is 0 Å². The molecule has 0 saturated heterocycles. The van der Waals surface area contributed by atoms with E-state index in [1.807, 2.05) is 0 Å². The van der Waals surface area contributed by atoms with Crippen LogP contribution in [0.2, 0.25) is 0 Å². The molecule has 0 atom stereocenters. The fraction of sp³-hybridized carbons (Fsp3) is 0.235. The van der Waals surface area contributed by atoms with E-state index in [9.17, 15) is 0 Å². The van der Waals surface area contributed by atoms with Gasteiger partial charge in [0.1, 0.15) is 3.53 Å². The first-order valence-electron chi connectivity index (χ1n) is 6.72. The van der Waals surface area contributed by atoms with Crippen LogP contribution in [0.1, 0.15) is 11.1 Å². The molecule has 0 aliphatic rings. The van der Waals surface area contributed by atoms with E-state index in [4.69, 9.17) is 12.2 Å². The molecule has 0 unspecified atom stereocenters. The van der Waals surface area contributed by atoms with Crippen LogP contribution in [0.25, 0.3) is 0 Å². The Hall–Kier alpha value is -0.770. The summed E-state index contributed by atoms with van der Waals surface area (Å²) in [5.41, 5.74) is 2.77. The third-order valence-corrected chi connectivity index (χ3v) is 5.61. The molecule has 0 aliphatic carbocycles. The van der Waals surface area contributed by atoms with E-state index in [1.54, 1.807) is 23.5 Å². The Morgan fingerprint density at radius 2 is 1.10 bits per heavy atom. The average molecular weight is 319 g/mol. The average Bonchev–Trinajstić information content (AvgIpc) is 2.49. The SMILES string of the molecule is S=C(SCCc1ccccc1)SCCc1ccccc1. The third kappa shape index (κ3) is 6.12. The normalized spacial score (nSPS) is 10.4. The van der Waals surface area contributed by atoms with Gasteiger partial charge in [0.05, 0.1) is 0 Å². The zero-order valence-electron chi connectivity index (χ0n) is 11.3. The lowest BCUT2D eigenvalue weighted by Gasteiger charge is -2.04. The van der Waals surface area contributed by atoms with Crippen LogP contribution < -0.4 is 0 Å². The summed E-state index contributed by atoms with van der Waals surface area (Å²) in [6, 6.07) is 21.2. The van der Waals surface area contributed by atoms with Crippen molar-refractivity contribution in [2.75, 3.05) is 11.5 Å². The second kappa shape index (κ2) is 9.22. The van der Waals surface area contributed by atoms with Crippen LogP contribution in [0, 0.1) is 0 Å². The zero-order chi connectivity index (χ0) is 14.0. The molecule has 0 spiro atoms. The summed E-state index contributed by atoms with van der Waals surface area (Å²) in [5.74, 6) is 2.14.